The van der Waals surface area contributed by atoms with Crippen LogP contribution in [0.25, 0.3) is 11.0 Å². The van der Waals surface area contributed by atoms with Crippen LogP contribution < -0.4 is 10.4 Å². The summed E-state index contributed by atoms with van der Waals surface area (Å²) in [5, 5.41) is 1.16. The Balaban J connectivity index is 1.71. The molecule has 0 spiro atoms. The van der Waals surface area contributed by atoms with Gasteiger partial charge in [0, 0.05) is 17.0 Å². The van der Waals surface area contributed by atoms with Crippen LogP contribution >= 0.6 is 11.6 Å². The lowest BCUT2D eigenvalue weighted by Gasteiger charge is -2.10. The molecule has 0 radical (unpaired) electrons. The average Bonchev–Trinajstić information content (AvgIpc) is 2.62. The summed E-state index contributed by atoms with van der Waals surface area (Å²) in [5.74, 6) is -0.154. The van der Waals surface area contributed by atoms with E-state index in [1.807, 2.05) is 26.0 Å². The minimum absolute atomic E-state index is 0.0463. The Kier molecular flexibility index (Phi) is 5.28. The fourth-order valence-corrected chi connectivity index (χ4v) is 2.73. The third kappa shape index (κ3) is 3.89. The van der Waals surface area contributed by atoms with Crippen molar-refractivity contribution in [2.75, 3.05) is 6.61 Å². The summed E-state index contributed by atoms with van der Waals surface area (Å²) in [6.07, 6.45) is 0. The molecule has 0 saturated carbocycles. The van der Waals surface area contributed by atoms with E-state index in [9.17, 15) is 9.59 Å². The maximum absolute atomic E-state index is 12.0. The van der Waals surface area contributed by atoms with Crippen molar-refractivity contribution in [3.8, 4) is 5.75 Å². The molecule has 0 aliphatic rings. The average molecular weight is 373 g/mol. The van der Waals surface area contributed by atoms with E-state index in [0.29, 0.717) is 21.9 Å². The zero-order chi connectivity index (χ0) is 18.7. The van der Waals surface area contributed by atoms with Crippen molar-refractivity contribution >= 4 is 28.5 Å². The van der Waals surface area contributed by atoms with Crippen LogP contribution in [-0.4, -0.2) is 12.6 Å². The molecule has 3 aromatic rings. The second-order valence-corrected chi connectivity index (χ2v) is 6.26. The van der Waals surface area contributed by atoms with Crippen molar-refractivity contribution < 1.29 is 18.7 Å². The van der Waals surface area contributed by atoms with Crippen LogP contribution in [-0.2, 0) is 16.1 Å². The molecule has 0 fully saturated rings. The first-order chi connectivity index (χ1) is 12.5. The van der Waals surface area contributed by atoms with Gasteiger partial charge in [0.05, 0.1) is 5.02 Å². The topological polar surface area (TPSA) is 65.7 Å². The number of rotatable bonds is 5. The largest absolute Gasteiger partial charge is 0.480 e. The Hall–Kier alpha value is -2.79. The smallest absolute Gasteiger partial charge is 0.344 e. The highest BCUT2D eigenvalue weighted by Crippen LogP contribution is 2.24. The molecule has 0 saturated heterocycles. The summed E-state index contributed by atoms with van der Waals surface area (Å²) in [4.78, 5) is 23.8. The van der Waals surface area contributed by atoms with Crippen molar-refractivity contribution in [2.45, 2.75) is 20.5 Å². The molecule has 2 aromatic carbocycles. The normalized spacial score (nSPS) is 10.7. The van der Waals surface area contributed by atoms with Crippen LogP contribution in [0.4, 0.5) is 0 Å². The van der Waals surface area contributed by atoms with E-state index in [1.54, 1.807) is 24.3 Å². The van der Waals surface area contributed by atoms with E-state index in [2.05, 4.69) is 0 Å². The molecule has 1 heterocycles. The van der Waals surface area contributed by atoms with Crippen LogP contribution in [0.1, 0.15) is 16.7 Å². The fraction of sp³-hybridized carbons (Fsp3) is 0.200. The van der Waals surface area contributed by atoms with Gasteiger partial charge >= 0.3 is 11.6 Å². The first-order valence-electron chi connectivity index (χ1n) is 8.01. The number of halogens is 1. The van der Waals surface area contributed by atoms with Gasteiger partial charge in [-0.05, 0) is 37.1 Å². The van der Waals surface area contributed by atoms with Gasteiger partial charge in [0.15, 0.2) is 6.61 Å². The zero-order valence-electron chi connectivity index (χ0n) is 14.4. The second kappa shape index (κ2) is 7.62. The maximum atomic E-state index is 12.0. The van der Waals surface area contributed by atoms with Gasteiger partial charge in [0.2, 0.25) is 0 Å². The van der Waals surface area contributed by atoms with E-state index in [4.69, 9.17) is 25.5 Å². The molecule has 6 heteroatoms. The first-order valence-corrected chi connectivity index (χ1v) is 8.39. The molecule has 0 N–H and O–H groups in total. The molecule has 1 aromatic heterocycles. The number of carbonyl (C=O) groups is 1. The Morgan fingerprint density at radius 3 is 2.69 bits per heavy atom. The summed E-state index contributed by atoms with van der Waals surface area (Å²) >= 11 is 5.97. The van der Waals surface area contributed by atoms with Gasteiger partial charge in [-0.15, -0.1) is 0 Å². The van der Waals surface area contributed by atoms with E-state index in [-0.39, 0.29) is 13.2 Å². The summed E-state index contributed by atoms with van der Waals surface area (Å²) in [6, 6.07) is 12.0. The van der Waals surface area contributed by atoms with Crippen LogP contribution in [0, 0.1) is 13.8 Å². The van der Waals surface area contributed by atoms with E-state index in [1.165, 1.54) is 6.07 Å². The molecule has 26 heavy (non-hydrogen) atoms. The molecule has 0 amide bonds. The number of hydrogen-bond donors (Lipinski definition) is 0. The Morgan fingerprint density at radius 1 is 1.15 bits per heavy atom. The third-order valence-corrected chi connectivity index (χ3v) is 4.40. The lowest BCUT2D eigenvalue weighted by atomic mass is 10.0. The summed E-state index contributed by atoms with van der Waals surface area (Å²) in [7, 11) is 0. The van der Waals surface area contributed by atoms with Gasteiger partial charge < -0.3 is 13.9 Å². The predicted molar refractivity (Wildman–Crippen MR) is 98.7 cm³/mol. The quantitative estimate of drug-likeness (QED) is 0.496. The SMILES string of the molecule is Cc1ccc2c(COC(=O)COc3ccccc3Cl)cc(=O)oc2c1C. The van der Waals surface area contributed by atoms with Gasteiger partial charge in [-0.1, -0.05) is 35.9 Å². The lowest BCUT2D eigenvalue weighted by Crippen LogP contribution is -2.15. The number of benzene rings is 2. The van der Waals surface area contributed by atoms with Crippen LogP contribution in [0.15, 0.2) is 51.7 Å². The number of fused-ring (bicyclic) bond motifs is 1. The first kappa shape index (κ1) is 18.0. The molecule has 0 bridgehead atoms. The Labute approximate surface area is 155 Å². The van der Waals surface area contributed by atoms with Gasteiger partial charge in [-0.2, -0.15) is 0 Å². The lowest BCUT2D eigenvalue weighted by molar-refractivity contribution is -0.147. The summed E-state index contributed by atoms with van der Waals surface area (Å²) in [5.41, 5.74) is 2.52. The number of carbonyl (C=O) groups excluding carboxylic acids is 1. The molecular formula is C20H17ClO5. The molecule has 0 unspecified atom stereocenters. The molecule has 0 atom stereocenters. The Bertz CT molecular complexity index is 1020. The van der Waals surface area contributed by atoms with Gasteiger partial charge in [0.25, 0.3) is 0 Å². The van der Waals surface area contributed by atoms with Crippen molar-refractivity contribution in [3.05, 3.63) is 74.6 Å². The number of aryl methyl sites for hydroxylation is 2. The summed E-state index contributed by atoms with van der Waals surface area (Å²) < 4.78 is 15.9. The highest BCUT2D eigenvalue weighted by Gasteiger charge is 2.12. The van der Waals surface area contributed by atoms with E-state index in [0.717, 1.165) is 16.5 Å². The molecular weight excluding hydrogens is 356 g/mol. The minimum atomic E-state index is -0.560. The molecule has 0 aliphatic heterocycles. The zero-order valence-corrected chi connectivity index (χ0v) is 15.1. The highest BCUT2D eigenvalue weighted by atomic mass is 35.5. The number of ether oxygens (including phenoxy) is 2. The fourth-order valence-electron chi connectivity index (χ4n) is 2.54. The molecule has 5 nitrogen and oxygen atoms in total. The van der Waals surface area contributed by atoms with Crippen LogP contribution in [0.5, 0.6) is 5.75 Å². The van der Waals surface area contributed by atoms with Crippen molar-refractivity contribution in [1.29, 1.82) is 0 Å². The van der Waals surface area contributed by atoms with Crippen LogP contribution in [0.2, 0.25) is 5.02 Å². The minimum Gasteiger partial charge on any atom is -0.480 e. The highest BCUT2D eigenvalue weighted by molar-refractivity contribution is 6.32. The monoisotopic (exact) mass is 372 g/mol. The second-order valence-electron chi connectivity index (χ2n) is 5.85. The standard InChI is InChI=1S/C20H17ClO5/c1-12-7-8-15-14(9-18(22)26-20(15)13(12)2)10-25-19(23)11-24-17-6-4-3-5-16(17)21/h3-9H,10-11H2,1-2H3. The predicted octanol–water partition coefficient (Wildman–Crippen LogP) is 4.19. The van der Waals surface area contributed by atoms with E-state index < -0.39 is 11.6 Å². The van der Waals surface area contributed by atoms with Crippen molar-refractivity contribution in [2.24, 2.45) is 0 Å². The third-order valence-electron chi connectivity index (χ3n) is 4.09. The number of para-hydroxylation sites is 1. The van der Waals surface area contributed by atoms with Gasteiger partial charge in [-0.25, -0.2) is 9.59 Å². The van der Waals surface area contributed by atoms with Gasteiger partial charge in [0.1, 0.15) is 17.9 Å². The molecule has 0 aliphatic carbocycles. The van der Waals surface area contributed by atoms with Gasteiger partial charge in [-0.3, -0.25) is 0 Å². The van der Waals surface area contributed by atoms with Crippen molar-refractivity contribution in [3.63, 3.8) is 0 Å². The number of esters is 1. The molecule has 134 valence electrons. The number of hydrogen-bond acceptors (Lipinski definition) is 5. The Morgan fingerprint density at radius 2 is 1.92 bits per heavy atom. The maximum Gasteiger partial charge on any atom is 0.344 e. The van der Waals surface area contributed by atoms with Crippen molar-refractivity contribution in [1.82, 2.24) is 0 Å². The summed E-state index contributed by atoms with van der Waals surface area (Å²) in [6.45, 7) is 3.50. The van der Waals surface area contributed by atoms with Crippen LogP contribution in [0.3, 0.4) is 0 Å². The molecule has 3 rings (SSSR count). The van der Waals surface area contributed by atoms with E-state index >= 15 is 0 Å².